The maximum absolute atomic E-state index is 12.3. The molecule has 6 heteroatoms. The van der Waals surface area contributed by atoms with Crippen molar-refractivity contribution in [1.29, 1.82) is 0 Å². The molecule has 1 aliphatic heterocycles. The van der Waals surface area contributed by atoms with E-state index >= 15 is 0 Å². The molecule has 0 saturated carbocycles. The van der Waals surface area contributed by atoms with Crippen molar-refractivity contribution in [2.45, 2.75) is 32.1 Å². The molecule has 134 valence electrons. The van der Waals surface area contributed by atoms with E-state index in [9.17, 15) is 9.59 Å². The van der Waals surface area contributed by atoms with E-state index in [4.69, 9.17) is 0 Å². The van der Waals surface area contributed by atoms with Crippen LogP contribution in [0, 0.1) is 13.8 Å². The molecule has 3 rings (SSSR count). The van der Waals surface area contributed by atoms with Gasteiger partial charge in [-0.05, 0) is 36.6 Å². The molecule has 0 bridgehead atoms. The molecule has 26 heavy (non-hydrogen) atoms. The van der Waals surface area contributed by atoms with Crippen LogP contribution >= 0.6 is 11.8 Å². The van der Waals surface area contributed by atoms with Gasteiger partial charge in [0.1, 0.15) is 5.25 Å². The van der Waals surface area contributed by atoms with Crippen molar-refractivity contribution in [1.82, 2.24) is 5.32 Å². The third kappa shape index (κ3) is 4.73. The van der Waals surface area contributed by atoms with E-state index in [1.807, 2.05) is 62.4 Å². The zero-order valence-electron chi connectivity index (χ0n) is 14.8. The van der Waals surface area contributed by atoms with Crippen molar-refractivity contribution < 1.29 is 9.59 Å². The number of rotatable bonds is 5. The summed E-state index contributed by atoms with van der Waals surface area (Å²) in [5, 5.41) is 5.78. The Labute approximate surface area is 157 Å². The van der Waals surface area contributed by atoms with Crippen LogP contribution in [-0.4, -0.2) is 22.2 Å². The largest absolute Gasteiger partial charge is 0.326 e. The quantitative estimate of drug-likeness (QED) is 0.851. The van der Waals surface area contributed by atoms with Crippen molar-refractivity contribution in [3.05, 3.63) is 65.2 Å². The molecule has 1 fully saturated rings. The predicted octanol–water partition coefficient (Wildman–Crippen LogP) is 3.42. The molecule has 2 N–H and O–H groups in total. The highest BCUT2D eigenvalue weighted by molar-refractivity contribution is 8.15. The Morgan fingerprint density at radius 2 is 1.96 bits per heavy atom. The molecule has 5 nitrogen and oxygen atoms in total. The summed E-state index contributed by atoms with van der Waals surface area (Å²) in [4.78, 5) is 28.9. The van der Waals surface area contributed by atoms with E-state index in [2.05, 4.69) is 15.6 Å². The highest BCUT2D eigenvalue weighted by Gasteiger charge is 2.32. The lowest BCUT2D eigenvalue weighted by atomic mass is 10.1. The Hall–Kier alpha value is -2.60. The van der Waals surface area contributed by atoms with Gasteiger partial charge in [0.2, 0.25) is 11.8 Å². The minimum atomic E-state index is -0.449. The van der Waals surface area contributed by atoms with E-state index < -0.39 is 5.25 Å². The monoisotopic (exact) mass is 367 g/mol. The molecule has 1 heterocycles. The third-order valence-electron chi connectivity index (χ3n) is 4.06. The van der Waals surface area contributed by atoms with Crippen molar-refractivity contribution in [2.24, 2.45) is 4.99 Å². The number of carbonyl (C=O) groups excluding carboxylic acids is 2. The summed E-state index contributed by atoms with van der Waals surface area (Å²) >= 11 is 1.31. The molecule has 0 spiro atoms. The van der Waals surface area contributed by atoms with Gasteiger partial charge in [-0.15, -0.1) is 0 Å². The second-order valence-corrected chi connectivity index (χ2v) is 7.46. The average molecular weight is 367 g/mol. The Morgan fingerprint density at radius 3 is 2.73 bits per heavy atom. The Balaban J connectivity index is 1.57. The summed E-state index contributed by atoms with van der Waals surface area (Å²) in [6.45, 7) is 4.43. The van der Waals surface area contributed by atoms with Gasteiger partial charge < -0.3 is 10.6 Å². The van der Waals surface area contributed by atoms with Gasteiger partial charge in [0.05, 0.1) is 6.54 Å². The summed E-state index contributed by atoms with van der Waals surface area (Å²) in [7, 11) is 0. The summed E-state index contributed by atoms with van der Waals surface area (Å²) in [6.07, 6.45) is 0.119. The molecule has 2 amide bonds. The third-order valence-corrected chi connectivity index (χ3v) is 5.18. The second-order valence-electron chi connectivity index (χ2n) is 6.27. The van der Waals surface area contributed by atoms with Crippen LogP contribution in [-0.2, 0) is 16.1 Å². The minimum absolute atomic E-state index is 0.119. The lowest BCUT2D eigenvalue weighted by molar-refractivity contribution is -0.122. The first-order valence-electron chi connectivity index (χ1n) is 8.44. The lowest BCUT2D eigenvalue weighted by Crippen LogP contribution is -2.28. The zero-order valence-corrected chi connectivity index (χ0v) is 15.6. The van der Waals surface area contributed by atoms with Crippen LogP contribution in [0.25, 0.3) is 0 Å². The number of thioether (sulfide) groups is 1. The van der Waals surface area contributed by atoms with Gasteiger partial charge in [0.15, 0.2) is 5.17 Å². The molecule has 0 aromatic heterocycles. The van der Waals surface area contributed by atoms with E-state index in [1.54, 1.807) is 0 Å². The number of anilines is 1. The minimum Gasteiger partial charge on any atom is -0.326 e. The molecular weight excluding hydrogens is 346 g/mol. The van der Waals surface area contributed by atoms with Gasteiger partial charge in [-0.3, -0.25) is 14.6 Å². The Kier molecular flexibility index (Phi) is 5.73. The zero-order chi connectivity index (χ0) is 18.5. The first kappa shape index (κ1) is 18.2. The molecule has 0 aliphatic carbocycles. The van der Waals surface area contributed by atoms with Gasteiger partial charge in [-0.1, -0.05) is 54.2 Å². The number of nitrogens with one attached hydrogen (secondary N) is 2. The Morgan fingerprint density at radius 1 is 1.19 bits per heavy atom. The fourth-order valence-electron chi connectivity index (χ4n) is 2.60. The number of amides is 2. The SMILES string of the molecule is Cc1ccc(C)c(NC(=O)C[C@H]2SC(=NCc3ccccc3)NC2=O)c1. The molecule has 0 unspecified atom stereocenters. The van der Waals surface area contributed by atoms with Crippen LogP contribution < -0.4 is 10.6 Å². The van der Waals surface area contributed by atoms with Gasteiger partial charge in [-0.25, -0.2) is 0 Å². The van der Waals surface area contributed by atoms with E-state index in [-0.39, 0.29) is 18.2 Å². The second kappa shape index (κ2) is 8.19. The van der Waals surface area contributed by atoms with E-state index in [0.717, 1.165) is 22.4 Å². The van der Waals surface area contributed by atoms with Crippen molar-refractivity contribution in [3.8, 4) is 0 Å². The average Bonchev–Trinajstić information content (AvgIpc) is 2.97. The highest BCUT2D eigenvalue weighted by atomic mass is 32.2. The van der Waals surface area contributed by atoms with Crippen LogP contribution in [0.1, 0.15) is 23.1 Å². The number of aryl methyl sites for hydroxylation is 2. The first-order chi connectivity index (χ1) is 12.5. The summed E-state index contributed by atoms with van der Waals surface area (Å²) in [5.41, 5.74) is 3.94. The maximum atomic E-state index is 12.3. The summed E-state index contributed by atoms with van der Waals surface area (Å²) < 4.78 is 0. The number of hydrogen-bond donors (Lipinski definition) is 2. The first-order valence-corrected chi connectivity index (χ1v) is 9.32. The molecule has 2 aromatic carbocycles. The lowest BCUT2D eigenvalue weighted by Gasteiger charge is -2.10. The fraction of sp³-hybridized carbons (Fsp3) is 0.250. The van der Waals surface area contributed by atoms with E-state index in [1.165, 1.54) is 11.8 Å². The van der Waals surface area contributed by atoms with Gasteiger partial charge >= 0.3 is 0 Å². The van der Waals surface area contributed by atoms with Crippen molar-refractivity contribution >= 4 is 34.4 Å². The smallest absolute Gasteiger partial charge is 0.240 e. The standard InChI is InChI=1S/C20H21N3O2S/c1-13-8-9-14(2)16(10-13)22-18(24)11-17-19(25)23-20(26-17)21-12-15-6-4-3-5-7-15/h3-10,17H,11-12H2,1-2H3,(H,22,24)(H,21,23,25)/t17-/m1/s1. The molecule has 1 atom stereocenters. The highest BCUT2D eigenvalue weighted by Crippen LogP contribution is 2.24. The number of amidine groups is 1. The number of hydrogen-bond acceptors (Lipinski definition) is 4. The molecular formula is C20H21N3O2S. The van der Waals surface area contributed by atoms with Crippen LogP contribution in [0.5, 0.6) is 0 Å². The van der Waals surface area contributed by atoms with E-state index in [0.29, 0.717) is 11.7 Å². The van der Waals surface area contributed by atoms with Crippen molar-refractivity contribution in [3.63, 3.8) is 0 Å². The summed E-state index contributed by atoms with van der Waals surface area (Å²) in [6, 6.07) is 15.7. The fourth-order valence-corrected chi connectivity index (χ4v) is 3.57. The molecule has 1 saturated heterocycles. The Bertz CT molecular complexity index is 849. The van der Waals surface area contributed by atoms with Gasteiger partial charge in [-0.2, -0.15) is 0 Å². The van der Waals surface area contributed by atoms with Gasteiger partial charge in [0, 0.05) is 12.1 Å². The topological polar surface area (TPSA) is 70.6 Å². The number of nitrogens with zero attached hydrogens (tertiary/aromatic N) is 1. The maximum Gasteiger partial charge on any atom is 0.240 e. The number of aliphatic imine (C=N–C) groups is 1. The van der Waals surface area contributed by atoms with Crippen molar-refractivity contribution in [2.75, 3.05) is 5.32 Å². The van der Waals surface area contributed by atoms with Gasteiger partial charge in [0.25, 0.3) is 0 Å². The normalized spacial score (nSPS) is 18.0. The molecule has 1 aliphatic rings. The molecule has 2 aromatic rings. The number of carbonyl (C=O) groups is 2. The van der Waals surface area contributed by atoms with Crippen LogP contribution in [0.3, 0.4) is 0 Å². The molecule has 0 radical (unpaired) electrons. The van der Waals surface area contributed by atoms with Crippen LogP contribution in [0.15, 0.2) is 53.5 Å². The van der Waals surface area contributed by atoms with Crippen LogP contribution in [0.4, 0.5) is 5.69 Å². The number of benzene rings is 2. The summed E-state index contributed by atoms with van der Waals surface area (Å²) in [5.74, 6) is -0.339. The van der Waals surface area contributed by atoms with Crippen LogP contribution in [0.2, 0.25) is 0 Å². The predicted molar refractivity (Wildman–Crippen MR) is 106 cm³/mol.